The van der Waals surface area contributed by atoms with Crippen molar-refractivity contribution in [3.8, 4) is 0 Å². The van der Waals surface area contributed by atoms with Crippen molar-refractivity contribution in [3.05, 3.63) is 12.2 Å². The van der Waals surface area contributed by atoms with Crippen molar-refractivity contribution >= 4 is 29.6 Å². The summed E-state index contributed by atoms with van der Waals surface area (Å²) in [7, 11) is 0. The van der Waals surface area contributed by atoms with E-state index in [9.17, 15) is 24.0 Å². The smallest absolute Gasteiger partial charge is 0.306 e. The summed E-state index contributed by atoms with van der Waals surface area (Å²) in [5.74, 6) is -1.55. The molecule has 2 heterocycles. The highest BCUT2D eigenvalue weighted by molar-refractivity contribution is 6.12. The number of imide groups is 2. The van der Waals surface area contributed by atoms with Crippen LogP contribution in [0.2, 0.25) is 0 Å². The van der Waals surface area contributed by atoms with Gasteiger partial charge >= 0.3 is 5.97 Å². The van der Waals surface area contributed by atoms with Gasteiger partial charge in [-0.15, -0.1) is 0 Å². The van der Waals surface area contributed by atoms with Crippen LogP contribution in [-0.4, -0.2) is 46.1 Å². The van der Waals surface area contributed by atoms with E-state index in [1.54, 1.807) is 0 Å². The van der Waals surface area contributed by atoms with Crippen molar-refractivity contribution in [2.24, 2.45) is 11.8 Å². The molecule has 130 valence electrons. The molecule has 4 amide bonds. The monoisotopic (exact) mass is 336 g/mol. The van der Waals surface area contributed by atoms with Gasteiger partial charge in [-0.1, -0.05) is 0 Å². The van der Waals surface area contributed by atoms with Crippen LogP contribution in [0.25, 0.3) is 0 Å². The minimum Gasteiger partial charge on any atom is -0.481 e. The molecule has 0 spiro atoms. The number of hydrogen-bond donors (Lipinski definition) is 2. The number of carboxylic acid groups (broad SMARTS) is 1. The topological polar surface area (TPSA) is 121 Å². The lowest BCUT2D eigenvalue weighted by molar-refractivity contribution is -0.144. The van der Waals surface area contributed by atoms with Gasteiger partial charge in [0.25, 0.3) is 11.8 Å². The van der Waals surface area contributed by atoms with Crippen molar-refractivity contribution in [1.29, 1.82) is 0 Å². The van der Waals surface area contributed by atoms with Gasteiger partial charge in [0.15, 0.2) is 0 Å². The number of aliphatic carboxylic acids is 1. The summed E-state index contributed by atoms with van der Waals surface area (Å²) in [5, 5.41) is 11.0. The summed E-state index contributed by atoms with van der Waals surface area (Å²) >= 11 is 0. The maximum atomic E-state index is 11.4. The molecule has 3 rings (SSSR count). The predicted molar refractivity (Wildman–Crippen MR) is 81.3 cm³/mol. The van der Waals surface area contributed by atoms with Crippen LogP contribution < -0.4 is 5.32 Å². The standard InChI is InChI=1S/C12H15NO4.C4H5NO2/c14-10-5-6-11(15)13(10)7-8-1-3-9(4-2-8)12(16)17;6-3-1-2-4(7)5-3/h5-6,8-9H,1-4,7H2,(H,16,17);1-2H2,(H,5,6,7). The number of carbonyl (C=O) groups excluding carboxylic acids is 4. The number of carboxylic acids is 1. The van der Waals surface area contributed by atoms with Gasteiger partial charge in [0.2, 0.25) is 11.8 Å². The molecule has 0 radical (unpaired) electrons. The van der Waals surface area contributed by atoms with Gasteiger partial charge in [-0.2, -0.15) is 0 Å². The lowest BCUT2D eigenvalue weighted by Crippen LogP contribution is -2.36. The molecule has 8 nitrogen and oxygen atoms in total. The third-order valence-corrected chi connectivity index (χ3v) is 4.40. The molecule has 0 aromatic heterocycles. The molecular formula is C16H20N2O6. The Hall–Kier alpha value is -2.51. The molecule has 0 bridgehead atoms. The molecule has 2 fully saturated rings. The number of nitrogens with zero attached hydrogens (tertiary/aromatic N) is 1. The normalized spacial score (nSPS) is 26.2. The highest BCUT2D eigenvalue weighted by Crippen LogP contribution is 2.30. The third-order valence-electron chi connectivity index (χ3n) is 4.40. The van der Waals surface area contributed by atoms with E-state index in [1.165, 1.54) is 17.1 Å². The highest BCUT2D eigenvalue weighted by Gasteiger charge is 2.30. The van der Waals surface area contributed by atoms with Gasteiger partial charge < -0.3 is 5.11 Å². The molecule has 3 aliphatic rings. The second-order valence-corrected chi connectivity index (χ2v) is 6.15. The first-order chi connectivity index (χ1) is 11.4. The Balaban J connectivity index is 0.000000249. The number of amides is 4. The molecule has 2 N–H and O–H groups in total. The fourth-order valence-electron chi connectivity index (χ4n) is 2.97. The zero-order valence-electron chi connectivity index (χ0n) is 13.2. The minimum atomic E-state index is -0.738. The van der Waals surface area contributed by atoms with Crippen molar-refractivity contribution < 1.29 is 29.1 Å². The first-order valence-electron chi connectivity index (χ1n) is 7.96. The van der Waals surface area contributed by atoms with E-state index in [4.69, 9.17) is 5.11 Å². The Morgan fingerprint density at radius 3 is 1.88 bits per heavy atom. The lowest BCUT2D eigenvalue weighted by Gasteiger charge is -2.28. The zero-order chi connectivity index (χ0) is 17.7. The zero-order valence-corrected chi connectivity index (χ0v) is 13.2. The summed E-state index contributed by atoms with van der Waals surface area (Å²) in [6.07, 6.45) is 6.14. The summed E-state index contributed by atoms with van der Waals surface area (Å²) in [6.45, 7) is 0.428. The number of hydrogen-bond acceptors (Lipinski definition) is 5. The number of nitrogens with one attached hydrogen (secondary N) is 1. The van der Waals surface area contributed by atoms with Gasteiger partial charge in [0, 0.05) is 31.5 Å². The summed E-state index contributed by atoms with van der Waals surface area (Å²) in [6, 6.07) is 0. The highest BCUT2D eigenvalue weighted by atomic mass is 16.4. The van der Waals surface area contributed by atoms with Crippen LogP contribution in [0.3, 0.4) is 0 Å². The van der Waals surface area contributed by atoms with Crippen LogP contribution in [0.4, 0.5) is 0 Å². The second kappa shape index (κ2) is 7.85. The summed E-state index contributed by atoms with van der Waals surface area (Å²) < 4.78 is 0. The van der Waals surface area contributed by atoms with Gasteiger partial charge in [-0.25, -0.2) is 0 Å². The molecule has 24 heavy (non-hydrogen) atoms. The average Bonchev–Trinajstić information content (AvgIpc) is 3.07. The molecule has 2 aliphatic heterocycles. The molecular weight excluding hydrogens is 316 g/mol. The van der Waals surface area contributed by atoms with Gasteiger partial charge in [0.1, 0.15) is 0 Å². The Kier molecular flexibility index (Phi) is 5.83. The van der Waals surface area contributed by atoms with Crippen molar-refractivity contribution in [2.75, 3.05) is 6.54 Å². The molecule has 1 aliphatic carbocycles. The van der Waals surface area contributed by atoms with Crippen LogP contribution in [-0.2, 0) is 24.0 Å². The van der Waals surface area contributed by atoms with Gasteiger partial charge in [0.05, 0.1) is 5.92 Å². The Bertz CT molecular complexity index is 557. The molecule has 1 saturated heterocycles. The number of rotatable bonds is 3. The number of carbonyl (C=O) groups is 5. The molecule has 0 atom stereocenters. The van der Waals surface area contributed by atoms with Gasteiger partial charge in [-0.05, 0) is 31.6 Å². The Morgan fingerprint density at radius 1 is 1.00 bits per heavy atom. The van der Waals surface area contributed by atoms with E-state index in [0.29, 0.717) is 32.2 Å². The van der Waals surface area contributed by atoms with Crippen LogP contribution >= 0.6 is 0 Å². The van der Waals surface area contributed by atoms with E-state index in [0.717, 1.165) is 12.8 Å². The van der Waals surface area contributed by atoms with E-state index in [-0.39, 0.29) is 35.5 Å². The largest absolute Gasteiger partial charge is 0.481 e. The maximum absolute atomic E-state index is 11.4. The Labute approximate surface area is 138 Å². The fourth-order valence-corrected chi connectivity index (χ4v) is 2.97. The van der Waals surface area contributed by atoms with Crippen LogP contribution in [0.15, 0.2) is 12.2 Å². The van der Waals surface area contributed by atoms with E-state index in [2.05, 4.69) is 5.32 Å². The first kappa shape index (κ1) is 17.8. The molecule has 0 unspecified atom stereocenters. The minimum absolute atomic E-state index is 0.148. The average molecular weight is 336 g/mol. The van der Waals surface area contributed by atoms with E-state index in [1.807, 2.05) is 0 Å². The predicted octanol–water partition coefficient (Wildman–Crippen LogP) is 0.225. The third kappa shape index (κ3) is 4.74. The molecule has 1 saturated carbocycles. The molecule has 0 aromatic carbocycles. The molecule has 8 heteroatoms. The van der Waals surface area contributed by atoms with Crippen LogP contribution in [0, 0.1) is 11.8 Å². The Morgan fingerprint density at radius 2 is 1.50 bits per heavy atom. The SMILES string of the molecule is O=C(O)C1CCC(CN2C(=O)C=CC2=O)CC1.O=C1CCC(=O)N1. The van der Waals surface area contributed by atoms with Crippen LogP contribution in [0.5, 0.6) is 0 Å². The summed E-state index contributed by atoms with van der Waals surface area (Å²) in [4.78, 5) is 55.0. The van der Waals surface area contributed by atoms with Crippen molar-refractivity contribution in [3.63, 3.8) is 0 Å². The van der Waals surface area contributed by atoms with Crippen molar-refractivity contribution in [1.82, 2.24) is 10.2 Å². The maximum Gasteiger partial charge on any atom is 0.306 e. The summed E-state index contributed by atoms with van der Waals surface area (Å²) in [5.41, 5.74) is 0. The molecule has 0 aromatic rings. The second-order valence-electron chi connectivity index (χ2n) is 6.15. The van der Waals surface area contributed by atoms with E-state index < -0.39 is 5.97 Å². The lowest BCUT2D eigenvalue weighted by atomic mass is 9.82. The van der Waals surface area contributed by atoms with Gasteiger partial charge in [-0.3, -0.25) is 34.2 Å². The fraction of sp³-hybridized carbons (Fsp3) is 0.562. The first-order valence-corrected chi connectivity index (χ1v) is 7.96. The quantitative estimate of drug-likeness (QED) is 0.712. The van der Waals surface area contributed by atoms with Crippen LogP contribution in [0.1, 0.15) is 38.5 Å². The van der Waals surface area contributed by atoms with Crippen molar-refractivity contribution in [2.45, 2.75) is 38.5 Å². The van der Waals surface area contributed by atoms with E-state index >= 15 is 0 Å².